The highest BCUT2D eigenvalue weighted by Gasteiger charge is 2.41. The molecule has 2 aromatic rings. The van der Waals surface area contributed by atoms with Gasteiger partial charge in [-0.1, -0.05) is 15.9 Å². The van der Waals surface area contributed by atoms with Gasteiger partial charge in [-0.3, -0.25) is 24.3 Å². The number of halogens is 1. The molecule has 2 N–H and O–H groups in total. The molecule has 1 aromatic carbocycles. The van der Waals surface area contributed by atoms with Crippen LogP contribution in [0.4, 0.5) is 0 Å². The summed E-state index contributed by atoms with van der Waals surface area (Å²) in [5, 5.41) is 12.2. The van der Waals surface area contributed by atoms with Crippen LogP contribution in [0.1, 0.15) is 18.7 Å². The maximum Gasteiger partial charge on any atom is 0.265 e. The lowest BCUT2D eigenvalue weighted by atomic mass is 9.71. The number of carbonyl (C=O) groups is 2. The minimum absolute atomic E-state index is 0.0124. The zero-order valence-corrected chi connectivity index (χ0v) is 13.7. The minimum atomic E-state index is -1.73. The molecule has 0 saturated carbocycles. The van der Waals surface area contributed by atoms with Gasteiger partial charge in [-0.15, -0.1) is 0 Å². The Balaban J connectivity index is 2.33. The summed E-state index contributed by atoms with van der Waals surface area (Å²) in [5.41, 5.74) is -2.08. The van der Waals surface area contributed by atoms with Gasteiger partial charge in [-0.2, -0.15) is 0 Å². The number of imide groups is 1. The molecule has 2 amide bonds. The lowest BCUT2D eigenvalue weighted by Crippen LogP contribution is -2.58. The number of piperidine rings is 1. The summed E-state index contributed by atoms with van der Waals surface area (Å²) in [6, 6.07) is 2.94. The van der Waals surface area contributed by atoms with E-state index in [1.807, 2.05) is 0 Å². The number of carbonyl (C=O) groups excluding carboxylic acids is 2. The first-order valence-electron chi connectivity index (χ1n) is 6.79. The molecule has 7 nitrogen and oxygen atoms in total. The van der Waals surface area contributed by atoms with Gasteiger partial charge in [0, 0.05) is 10.9 Å². The van der Waals surface area contributed by atoms with Crippen LogP contribution in [0.15, 0.2) is 21.4 Å². The van der Waals surface area contributed by atoms with E-state index in [0.29, 0.717) is 4.47 Å². The van der Waals surface area contributed by atoms with Crippen molar-refractivity contribution in [2.75, 3.05) is 0 Å². The second-order valence-electron chi connectivity index (χ2n) is 5.42. The van der Waals surface area contributed by atoms with Gasteiger partial charge in [0.25, 0.3) is 5.56 Å². The van der Waals surface area contributed by atoms with E-state index in [2.05, 4.69) is 26.2 Å². The van der Waals surface area contributed by atoms with Gasteiger partial charge in [0.05, 0.1) is 11.0 Å². The first kappa shape index (κ1) is 15.7. The number of aromatic hydroxyl groups is 1. The molecule has 1 saturated heterocycles. The molecule has 2 heterocycles. The van der Waals surface area contributed by atoms with Gasteiger partial charge < -0.3 is 5.11 Å². The summed E-state index contributed by atoms with van der Waals surface area (Å²) < 4.78 is 1.60. The molecule has 0 bridgehead atoms. The number of fused-ring (bicyclic) bond motifs is 1. The highest BCUT2D eigenvalue weighted by Crippen LogP contribution is 2.28. The lowest BCUT2D eigenvalue weighted by Gasteiger charge is -2.35. The number of nitrogens with zero attached hydrogens (tertiary/aromatic N) is 2. The molecule has 0 spiro atoms. The van der Waals surface area contributed by atoms with E-state index in [0.717, 1.165) is 4.57 Å². The molecule has 23 heavy (non-hydrogen) atoms. The van der Waals surface area contributed by atoms with Crippen LogP contribution in [-0.2, 0) is 15.0 Å². The number of benzene rings is 1. The molecule has 0 aliphatic carbocycles. The molecule has 1 aliphatic rings. The zero-order valence-electron chi connectivity index (χ0n) is 12.1. The molecule has 1 aliphatic heterocycles. The Hall–Kier alpha value is -2.16. The maximum atomic E-state index is 12.8. The summed E-state index contributed by atoms with van der Waals surface area (Å²) in [5.74, 6) is -1.26. The van der Waals surface area contributed by atoms with Gasteiger partial charge in [0.1, 0.15) is 24.8 Å². The number of phenolic OH excluding ortho intramolecular Hbond substituents is 1. The van der Waals surface area contributed by atoms with Gasteiger partial charge in [-0.05, 0) is 25.5 Å². The van der Waals surface area contributed by atoms with Crippen LogP contribution in [-0.4, -0.2) is 34.3 Å². The van der Waals surface area contributed by atoms with E-state index in [9.17, 15) is 19.5 Å². The predicted octanol–water partition coefficient (Wildman–Crippen LogP) is 0.431. The van der Waals surface area contributed by atoms with E-state index in [1.54, 1.807) is 6.07 Å². The van der Waals surface area contributed by atoms with Crippen LogP contribution in [0.2, 0.25) is 0 Å². The fraction of sp³-hybridized carbons (Fsp3) is 0.286. The number of amides is 2. The summed E-state index contributed by atoms with van der Waals surface area (Å²) in [6.07, 6.45) is -0.0125. The number of hydrogen-bond acceptors (Lipinski definition) is 5. The Morgan fingerprint density at radius 3 is 2.74 bits per heavy atom. The van der Waals surface area contributed by atoms with Crippen molar-refractivity contribution in [3.63, 3.8) is 0 Å². The molecule has 3 rings (SSSR count). The van der Waals surface area contributed by atoms with Crippen LogP contribution >= 0.6 is 15.9 Å². The SMILES string of the molecule is [B]C1(n2c(C)nc3cc(Br)cc(O)c3c2=O)CCC(=O)NC1=O. The molecule has 2 radical (unpaired) electrons. The number of phenols is 1. The Bertz CT molecular complexity index is 926. The van der Waals surface area contributed by atoms with Crippen LogP contribution in [0, 0.1) is 6.92 Å². The molecular weight excluding hydrogens is 365 g/mol. The number of nitrogens with one attached hydrogen (secondary N) is 1. The van der Waals surface area contributed by atoms with Crippen molar-refractivity contribution in [3.8, 4) is 5.75 Å². The normalized spacial score (nSPS) is 21.5. The molecule has 1 aromatic heterocycles. The summed E-state index contributed by atoms with van der Waals surface area (Å²) in [4.78, 5) is 40.6. The number of rotatable bonds is 1. The van der Waals surface area contributed by atoms with Crippen molar-refractivity contribution >= 4 is 46.5 Å². The van der Waals surface area contributed by atoms with Crippen molar-refractivity contribution in [2.45, 2.75) is 25.2 Å². The smallest absolute Gasteiger partial charge is 0.265 e. The van der Waals surface area contributed by atoms with Crippen LogP contribution < -0.4 is 10.9 Å². The zero-order chi connectivity index (χ0) is 16.9. The molecule has 1 fully saturated rings. The van der Waals surface area contributed by atoms with Crippen molar-refractivity contribution < 1.29 is 14.7 Å². The minimum Gasteiger partial charge on any atom is -0.507 e. The molecule has 1 atom stereocenters. The largest absolute Gasteiger partial charge is 0.507 e. The van der Waals surface area contributed by atoms with E-state index < -0.39 is 22.8 Å². The molecule has 1 unspecified atom stereocenters. The van der Waals surface area contributed by atoms with Crippen LogP contribution in [0.3, 0.4) is 0 Å². The first-order chi connectivity index (χ1) is 10.7. The highest BCUT2D eigenvalue weighted by molar-refractivity contribution is 9.10. The van der Waals surface area contributed by atoms with Gasteiger partial charge >= 0.3 is 0 Å². The predicted molar refractivity (Wildman–Crippen MR) is 86.2 cm³/mol. The van der Waals surface area contributed by atoms with E-state index in [1.165, 1.54) is 13.0 Å². The second-order valence-corrected chi connectivity index (χ2v) is 6.34. The molecule has 116 valence electrons. The summed E-state index contributed by atoms with van der Waals surface area (Å²) >= 11 is 3.22. The van der Waals surface area contributed by atoms with Crippen molar-refractivity contribution in [2.24, 2.45) is 0 Å². The average molecular weight is 376 g/mol. The second kappa shape index (κ2) is 5.19. The third-order valence-corrected chi connectivity index (χ3v) is 4.32. The lowest BCUT2D eigenvalue weighted by molar-refractivity contribution is -0.137. The Kier molecular flexibility index (Phi) is 3.55. The topological polar surface area (TPSA) is 101 Å². The third kappa shape index (κ3) is 2.35. The summed E-state index contributed by atoms with van der Waals surface area (Å²) in [6.45, 7) is 1.54. The van der Waals surface area contributed by atoms with E-state index >= 15 is 0 Å². The highest BCUT2D eigenvalue weighted by atomic mass is 79.9. The first-order valence-corrected chi connectivity index (χ1v) is 7.59. The number of hydrogen-bond donors (Lipinski definition) is 2. The van der Waals surface area contributed by atoms with Gasteiger partial charge in [0.15, 0.2) is 0 Å². The number of aryl methyl sites for hydroxylation is 1. The van der Waals surface area contributed by atoms with Crippen LogP contribution in [0.25, 0.3) is 10.9 Å². The van der Waals surface area contributed by atoms with Gasteiger partial charge in [0.2, 0.25) is 11.8 Å². The quantitative estimate of drug-likeness (QED) is 0.556. The fourth-order valence-corrected chi connectivity index (χ4v) is 3.20. The van der Waals surface area contributed by atoms with E-state index in [4.69, 9.17) is 7.85 Å². The summed E-state index contributed by atoms with van der Waals surface area (Å²) in [7, 11) is 6.13. The van der Waals surface area contributed by atoms with Crippen molar-refractivity contribution in [1.29, 1.82) is 0 Å². The Labute approximate surface area is 140 Å². The molecule has 9 heteroatoms. The Morgan fingerprint density at radius 1 is 1.39 bits per heavy atom. The number of aromatic nitrogens is 2. The standard InChI is InChI=1S/C14H11BBrN3O4/c1-6-17-8-4-7(16)5-9(20)11(8)12(22)19(6)14(15)3-2-10(21)18-13(14)23/h4-5,20H,2-3H2,1H3,(H,18,21,23). The monoisotopic (exact) mass is 375 g/mol. The van der Waals surface area contributed by atoms with Crippen LogP contribution in [0.5, 0.6) is 5.75 Å². The molecular formula is C14H11BBrN3O4. The van der Waals surface area contributed by atoms with Gasteiger partial charge in [-0.25, -0.2) is 4.98 Å². The van der Waals surface area contributed by atoms with Crippen molar-refractivity contribution in [1.82, 2.24) is 14.9 Å². The third-order valence-electron chi connectivity index (χ3n) is 3.86. The van der Waals surface area contributed by atoms with E-state index in [-0.39, 0.29) is 35.3 Å². The fourth-order valence-electron chi connectivity index (χ4n) is 2.77. The van der Waals surface area contributed by atoms with Crippen molar-refractivity contribution in [3.05, 3.63) is 32.8 Å². The maximum absolute atomic E-state index is 12.8. The Morgan fingerprint density at radius 2 is 2.09 bits per heavy atom. The average Bonchev–Trinajstić information content (AvgIpc) is 2.42.